The average molecular weight is 386 g/mol. The maximum atomic E-state index is 12.2. The van der Waals surface area contributed by atoms with Crippen LogP contribution in [0.2, 0.25) is 0 Å². The number of aryl methyl sites for hydroxylation is 1. The lowest BCUT2D eigenvalue weighted by Gasteiger charge is -2.25. The summed E-state index contributed by atoms with van der Waals surface area (Å²) < 4.78 is 0. The van der Waals surface area contributed by atoms with Crippen LogP contribution < -0.4 is 0 Å². The average Bonchev–Trinajstić information content (AvgIpc) is 3.03. The quantitative estimate of drug-likeness (QED) is 0.613. The number of nitrogens with zero attached hydrogens (tertiary/aromatic N) is 1. The molecule has 29 heavy (non-hydrogen) atoms. The molecule has 0 aliphatic heterocycles. The minimum atomic E-state index is -0.115. The molecule has 4 nitrogen and oxygen atoms in total. The van der Waals surface area contributed by atoms with Gasteiger partial charge in [-0.2, -0.15) is 0 Å². The monoisotopic (exact) mass is 386 g/mol. The Morgan fingerprint density at radius 1 is 1.10 bits per heavy atom. The summed E-state index contributed by atoms with van der Waals surface area (Å²) in [6.45, 7) is 4.18. The maximum Gasteiger partial charge on any atom is 0.164 e. The molecule has 2 N–H and O–H groups in total. The van der Waals surface area contributed by atoms with Gasteiger partial charge in [-0.1, -0.05) is 48.5 Å². The number of ketones is 1. The minimum absolute atomic E-state index is 0.115. The molecule has 1 aliphatic rings. The van der Waals surface area contributed by atoms with Gasteiger partial charge in [0.05, 0.1) is 5.57 Å². The molecule has 0 spiro atoms. The number of allylic oxidation sites excluding steroid dienone is 2. The number of carbonyl (C=O) groups is 1. The number of Topliss-reactive ketones (excluding diaryl/α,β-unsaturated/α-hetero) is 1. The highest BCUT2D eigenvalue weighted by molar-refractivity contribution is 6.22. The molecule has 0 bridgehead atoms. The molecular weight excluding hydrogens is 360 g/mol. The molecule has 3 aromatic rings. The van der Waals surface area contributed by atoms with Crippen molar-refractivity contribution in [2.75, 3.05) is 6.54 Å². The summed E-state index contributed by atoms with van der Waals surface area (Å²) in [6.07, 6.45) is 1.96. The topological polar surface area (TPSA) is 65.4 Å². The van der Waals surface area contributed by atoms with Crippen molar-refractivity contribution >= 4 is 22.4 Å². The van der Waals surface area contributed by atoms with Gasteiger partial charge in [0.25, 0.3) is 0 Å². The molecule has 148 valence electrons. The summed E-state index contributed by atoms with van der Waals surface area (Å²) in [5, 5.41) is 11.8. The Morgan fingerprint density at radius 3 is 2.59 bits per heavy atom. The van der Waals surface area contributed by atoms with E-state index >= 15 is 0 Å². The molecule has 2 aromatic carbocycles. The van der Waals surface area contributed by atoms with Crippen LogP contribution in [0.1, 0.15) is 42.5 Å². The van der Waals surface area contributed by atoms with E-state index in [-0.39, 0.29) is 17.5 Å². The molecule has 0 fully saturated rings. The van der Waals surface area contributed by atoms with E-state index in [0.29, 0.717) is 25.0 Å². The largest absolute Gasteiger partial charge is 0.511 e. The third-order valence-electron chi connectivity index (χ3n) is 5.77. The van der Waals surface area contributed by atoms with E-state index in [4.69, 9.17) is 4.99 Å². The van der Waals surface area contributed by atoms with E-state index < -0.39 is 0 Å². The number of hydrogen-bond donors (Lipinski definition) is 2. The standard InChI is InChI=1S/C25H26N2O2/c1-16-20(21-10-6-7-11-22(21)27-16)12-13-26-23-14-19(18-8-4-3-5-9-18)15-24(29)25(23)17(2)28/h3-11,19,27,29H,12-15H2,1-2H3/t19-/m0/s1. The number of benzene rings is 2. The molecule has 0 unspecified atom stereocenters. The van der Waals surface area contributed by atoms with Crippen LogP contribution in [0.5, 0.6) is 0 Å². The first-order valence-electron chi connectivity index (χ1n) is 10.1. The summed E-state index contributed by atoms with van der Waals surface area (Å²) in [4.78, 5) is 20.4. The zero-order valence-electron chi connectivity index (χ0n) is 16.9. The highest BCUT2D eigenvalue weighted by atomic mass is 16.3. The fourth-order valence-electron chi connectivity index (χ4n) is 4.38. The molecular formula is C25H26N2O2. The summed E-state index contributed by atoms with van der Waals surface area (Å²) in [6, 6.07) is 18.4. The smallest absolute Gasteiger partial charge is 0.164 e. The zero-order chi connectivity index (χ0) is 20.4. The molecule has 0 saturated carbocycles. The number of hydrogen-bond acceptors (Lipinski definition) is 3. The van der Waals surface area contributed by atoms with Crippen LogP contribution in [0, 0.1) is 6.92 Å². The Bertz CT molecular complexity index is 1110. The van der Waals surface area contributed by atoms with Gasteiger partial charge >= 0.3 is 0 Å². The number of H-pyrrole nitrogens is 1. The van der Waals surface area contributed by atoms with Gasteiger partial charge in [-0.15, -0.1) is 0 Å². The third kappa shape index (κ3) is 3.88. The zero-order valence-corrected chi connectivity index (χ0v) is 16.9. The Morgan fingerprint density at radius 2 is 1.83 bits per heavy atom. The SMILES string of the molecule is CC(=O)C1=C(O)C[C@@H](c2ccccc2)CC1=NCCc1c(C)[nH]c2ccccc12. The van der Waals surface area contributed by atoms with E-state index in [1.807, 2.05) is 30.3 Å². The van der Waals surface area contributed by atoms with Crippen molar-refractivity contribution in [2.45, 2.75) is 39.0 Å². The van der Waals surface area contributed by atoms with Crippen molar-refractivity contribution < 1.29 is 9.90 Å². The van der Waals surface area contributed by atoms with Crippen molar-refractivity contribution in [1.29, 1.82) is 0 Å². The summed E-state index contributed by atoms with van der Waals surface area (Å²) in [7, 11) is 0. The van der Waals surface area contributed by atoms with Crippen LogP contribution in [-0.2, 0) is 11.2 Å². The molecule has 1 aromatic heterocycles. The molecule has 4 rings (SSSR count). The van der Waals surface area contributed by atoms with Gasteiger partial charge in [-0.05, 0) is 49.8 Å². The van der Waals surface area contributed by atoms with E-state index in [9.17, 15) is 9.90 Å². The number of nitrogens with one attached hydrogen (secondary N) is 1. The first-order valence-corrected chi connectivity index (χ1v) is 10.1. The van der Waals surface area contributed by atoms with Crippen molar-refractivity contribution in [1.82, 2.24) is 4.98 Å². The number of aromatic amines is 1. The fraction of sp³-hybridized carbons (Fsp3) is 0.280. The van der Waals surface area contributed by atoms with Gasteiger partial charge in [0.15, 0.2) is 5.78 Å². The first-order chi connectivity index (χ1) is 14.0. The predicted octanol–water partition coefficient (Wildman–Crippen LogP) is 5.44. The normalized spacial score (nSPS) is 18.6. The van der Waals surface area contributed by atoms with Gasteiger partial charge in [0.2, 0.25) is 0 Å². The second-order valence-corrected chi connectivity index (χ2v) is 7.75. The summed E-state index contributed by atoms with van der Waals surface area (Å²) in [5.41, 5.74) is 5.86. The van der Waals surface area contributed by atoms with E-state index in [1.165, 1.54) is 23.4 Å². The second-order valence-electron chi connectivity index (χ2n) is 7.75. The van der Waals surface area contributed by atoms with E-state index in [1.54, 1.807) is 0 Å². The van der Waals surface area contributed by atoms with Crippen LogP contribution in [0.25, 0.3) is 10.9 Å². The van der Waals surface area contributed by atoms with Crippen molar-refractivity contribution in [3.63, 3.8) is 0 Å². The fourth-order valence-corrected chi connectivity index (χ4v) is 4.38. The van der Waals surface area contributed by atoms with Crippen LogP contribution >= 0.6 is 0 Å². The number of fused-ring (bicyclic) bond motifs is 1. The van der Waals surface area contributed by atoms with Gasteiger partial charge < -0.3 is 10.1 Å². The number of para-hydroxylation sites is 1. The summed E-state index contributed by atoms with van der Waals surface area (Å²) >= 11 is 0. The Hall–Kier alpha value is -3.14. The third-order valence-corrected chi connectivity index (χ3v) is 5.77. The molecule has 1 aliphatic carbocycles. The maximum absolute atomic E-state index is 12.2. The lowest BCUT2D eigenvalue weighted by Crippen LogP contribution is -2.23. The molecule has 1 atom stereocenters. The number of rotatable bonds is 5. The number of aromatic nitrogens is 1. The Kier molecular flexibility index (Phi) is 5.34. The molecule has 1 heterocycles. The second kappa shape index (κ2) is 8.08. The van der Waals surface area contributed by atoms with E-state index in [0.717, 1.165) is 23.3 Å². The molecule has 0 amide bonds. The summed E-state index contributed by atoms with van der Waals surface area (Å²) in [5.74, 6) is 0.198. The van der Waals surface area contributed by atoms with Crippen molar-refractivity contribution in [3.8, 4) is 0 Å². The number of aliphatic hydroxyl groups is 1. The number of aliphatic imine (C=N–C) groups is 1. The molecule has 0 saturated heterocycles. The highest BCUT2D eigenvalue weighted by Crippen LogP contribution is 2.34. The van der Waals surface area contributed by atoms with E-state index in [2.05, 4.69) is 36.2 Å². The minimum Gasteiger partial charge on any atom is -0.511 e. The Labute approximate surface area is 171 Å². The Balaban J connectivity index is 1.60. The van der Waals surface area contributed by atoms with Crippen molar-refractivity contribution in [2.24, 2.45) is 4.99 Å². The predicted molar refractivity (Wildman–Crippen MR) is 118 cm³/mol. The van der Waals surface area contributed by atoms with Gasteiger partial charge in [0, 0.05) is 35.3 Å². The van der Waals surface area contributed by atoms with Crippen LogP contribution in [0.15, 0.2) is 70.9 Å². The van der Waals surface area contributed by atoms with Gasteiger partial charge in [-0.3, -0.25) is 9.79 Å². The highest BCUT2D eigenvalue weighted by Gasteiger charge is 2.29. The lowest BCUT2D eigenvalue weighted by molar-refractivity contribution is -0.113. The molecule has 0 radical (unpaired) electrons. The number of carbonyl (C=O) groups excluding carboxylic acids is 1. The van der Waals surface area contributed by atoms with Crippen LogP contribution in [0.4, 0.5) is 0 Å². The molecule has 4 heteroatoms. The van der Waals surface area contributed by atoms with Crippen LogP contribution in [0.3, 0.4) is 0 Å². The number of aliphatic hydroxyl groups excluding tert-OH is 1. The van der Waals surface area contributed by atoms with Gasteiger partial charge in [-0.25, -0.2) is 0 Å². The first kappa shape index (κ1) is 19.2. The van der Waals surface area contributed by atoms with Crippen molar-refractivity contribution in [3.05, 3.63) is 82.8 Å². The van der Waals surface area contributed by atoms with Gasteiger partial charge in [0.1, 0.15) is 5.76 Å². The lowest BCUT2D eigenvalue weighted by atomic mass is 9.81. The van der Waals surface area contributed by atoms with Crippen LogP contribution in [-0.4, -0.2) is 28.1 Å².